The van der Waals surface area contributed by atoms with E-state index < -0.39 is 16.9 Å². The highest BCUT2D eigenvalue weighted by Crippen LogP contribution is 2.28. The van der Waals surface area contributed by atoms with E-state index in [-0.39, 0.29) is 18.0 Å². The first-order chi connectivity index (χ1) is 8.32. The average molecular weight is 254 g/mol. The lowest BCUT2D eigenvalue weighted by Crippen LogP contribution is -2.36. The van der Waals surface area contributed by atoms with E-state index in [0.29, 0.717) is 11.1 Å². The van der Waals surface area contributed by atoms with Gasteiger partial charge in [-0.3, -0.25) is 14.9 Å². The van der Waals surface area contributed by atoms with Gasteiger partial charge in [0.05, 0.1) is 11.0 Å². The summed E-state index contributed by atoms with van der Waals surface area (Å²) in [4.78, 5) is 20.8. The second kappa shape index (κ2) is 5.46. The first-order valence-corrected chi connectivity index (χ1v) is 5.19. The molecule has 0 aliphatic heterocycles. The number of aryl methyl sites for hydroxylation is 2. The molecule has 0 spiro atoms. The van der Waals surface area contributed by atoms with Crippen molar-refractivity contribution in [1.82, 2.24) is 0 Å². The Morgan fingerprint density at radius 2 is 2.11 bits per heavy atom. The topological polar surface area (TPSA) is 116 Å². The summed E-state index contributed by atoms with van der Waals surface area (Å²) in [6.45, 7) is 3.10. The molecular formula is C11H14N2O5. The van der Waals surface area contributed by atoms with Crippen LogP contribution in [0.1, 0.15) is 11.1 Å². The lowest BCUT2D eigenvalue weighted by atomic mass is 10.1. The highest BCUT2D eigenvalue weighted by atomic mass is 16.6. The van der Waals surface area contributed by atoms with Crippen molar-refractivity contribution in [3.05, 3.63) is 33.4 Å². The molecule has 0 amide bonds. The lowest BCUT2D eigenvalue weighted by Gasteiger charge is -2.12. The maximum Gasteiger partial charge on any atom is 0.324 e. The van der Waals surface area contributed by atoms with Crippen molar-refractivity contribution in [2.75, 3.05) is 6.61 Å². The van der Waals surface area contributed by atoms with E-state index in [2.05, 4.69) is 0 Å². The molecule has 0 bridgehead atoms. The van der Waals surface area contributed by atoms with Gasteiger partial charge in [-0.05, 0) is 25.5 Å². The second-order valence-corrected chi connectivity index (χ2v) is 3.92. The minimum absolute atomic E-state index is 0.0699. The largest absolute Gasteiger partial charge is 0.491 e. The summed E-state index contributed by atoms with van der Waals surface area (Å²) in [6.07, 6.45) is 0. The molecule has 0 aromatic heterocycles. The van der Waals surface area contributed by atoms with Gasteiger partial charge in [0.2, 0.25) is 0 Å². The van der Waals surface area contributed by atoms with E-state index in [1.807, 2.05) is 0 Å². The van der Waals surface area contributed by atoms with E-state index in [1.54, 1.807) is 19.9 Å². The van der Waals surface area contributed by atoms with Gasteiger partial charge in [0.25, 0.3) is 5.69 Å². The molecule has 0 saturated carbocycles. The molecule has 0 fully saturated rings. The fraction of sp³-hybridized carbons (Fsp3) is 0.364. The summed E-state index contributed by atoms with van der Waals surface area (Å²) in [5.74, 6) is -0.918. The number of aliphatic carboxylic acids is 1. The molecule has 98 valence electrons. The third kappa shape index (κ3) is 3.17. The fourth-order valence-electron chi connectivity index (χ4n) is 1.42. The minimum Gasteiger partial charge on any atom is -0.491 e. The number of benzene rings is 1. The zero-order chi connectivity index (χ0) is 13.9. The smallest absolute Gasteiger partial charge is 0.324 e. The van der Waals surface area contributed by atoms with Gasteiger partial charge in [0, 0.05) is 5.56 Å². The Labute approximate surface area is 103 Å². The van der Waals surface area contributed by atoms with Crippen LogP contribution in [0.3, 0.4) is 0 Å². The standard InChI is InChI=1S/C11H14N2O5/c1-6-3-7(2)10(4-9(6)13(16)17)18-5-8(12)11(14)15/h3-4,8H,5,12H2,1-2H3,(H,14,15). The van der Waals surface area contributed by atoms with Crippen LogP contribution < -0.4 is 10.5 Å². The van der Waals surface area contributed by atoms with Crippen molar-refractivity contribution in [3.63, 3.8) is 0 Å². The van der Waals surface area contributed by atoms with Crippen LogP contribution >= 0.6 is 0 Å². The Kier molecular flexibility index (Phi) is 4.22. The molecule has 0 heterocycles. The number of hydrogen-bond acceptors (Lipinski definition) is 5. The molecule has 1 aromatic carbocycles. The van der Waals surface area contributed by atoms with Crippen molar-refractivity contribution in [3.8, 4) is 5.75 Å². The molecule has 0 aliphatic rings. The number of nitro benzene ring substituents is 1. The number of rotatable bonds is 5. The van der Waals surface area contributed by atoms with Gasteiger partial charge < -0.3 is 15.6 Å². The van der Waals surface area contributed by atoms with Crippen molar-refractivity contribution in [1.29, 1.82) is 0 Å². The van der Waals surface area contributed by atoms with Gasteiger partial charge in [-0.15, -0.1) is 0 Å². The lowest BCUT2D eigenvalue weighted by molar-refractivity contribution is -0.385. The molecule has 7 heteroatoms. The summed E-state index contributed by atoms with van der Waals surface area (Å²) >= 11 is 0. The molecule has 1 unspecified atom stereocenters. The molecule has 7 nitrogen and oxygen atoms in total. The highest BCUT2D eigenvalue weighted by molar-refractivity contribution is 5.73. The van der Waals surface area contributed by atoms with E-state index >= 15 is 0 Å². The predicted molar refractivity (Wildman–Crippen MR) is 63.7 cm³/mol. The Balaban J connectivity index is 2.92. The monoisotopic (exact) mass is 254 g/mol. The Morgan fingerprint density at radius 1 is 1.50 bits per heavy atom. The zero-order valence-electron chi connectivity index (χ0n) is 10.0. The van der Waals surface area contributed by atoms with Gasteiger partial charge in [-0.1, -0.05) is 0 Å². The number of carboxylic acids is 1. The summed E-state index contributed by atoms with van der Waals surface area (Å²) in [5, 5.41) is 19.4. The van der Waals surface area contributed by atoms with Crippen LogP contribution in [0.2, 0.25) is 0 Å². The molecule has 18 heavy (non-hydrogen) atoms. The number of carbonyl (C=O) groups is 1. The van der Waals surface area contributed by atoms with E-state index in [1.165, 1.54) is 6.07 Å². The number of nitrogens with zero attached hydrogens (tertiary/aromatic N) is 1. The molecule has 0 radical (unpaired) electrons. The van der Waals surface area contributed by atoms with E-state index in [9.17, 15) is 14.9 Å². The van der Waals surface area contributed by atoms with E-state index in [0.717, 1.165) is 0 Å². The zero-order valence-corrected chi connectivity index (χ0v) is 10.0. The first kappa shape index (κ1) is 13.9. The Hall–Kier alpha value is -2.15. The molecule has 1 aromatic rings. The third-order valence-electron chi connectivity index (χ3n) is 2.43. The number of hydrogen-bond donors (Lipinski definition) is 2. The number of nitro groups is 1. The van der Waals surface area contributed by atoms with Gasteiger partial charge in [0.15, 0.2) is 0 Å². The second-order valence-electron chi connectivity index (χ2n) is 3.92. The van der Waals surface area contributed by atoms with Crippen molar-refractivity contribution in [2.24, 2.45) is 5.73 Å². The Bertz CT molecular complexity index is 487. The normalized spacial score (nSPS) is 11.9. The van der Waals surface area contributed by atoms with Crippen molar-refractivity contribution in [2.45, 2.75) is 19.9 Å². The highest BCUT2D eigenvalue weighted by Gasteiger charge is 2.17. The number of nitrogens with two attached hydrogens (primary N) is 1. The van der Waals surface area contributed by atoms with Gasteiger partial charge in [-0.25, -0.2) is 0 Å². The predicted octanol–water partition coefficient (Wildman–Crippen LogP) is 1.00. The third-order valence-corrected chi connectivity index (χ3v) is 2.43. The van der Waals surface area contributed by atoms with Gasteiger partial charge in [0.1, 0.15) is 18.4 Å². The van der Waals surface area contributed by atoms with Crippen molar-refractivity contribution >= 4 is 11.7 Å². The quantitative estimate of drug-likeness (QED) is 0.598. The van der Waals surface area contributed by atoms with Crippen LogP contribution in [0.5, 0.6) is 5.75 Å². The van der Waals surface area contributed by atoms with E-state index in [4.69, 9.17) is 15.6 Å². The maximum atomic E-state index is 10.8. The number of carboxylic acid groups (broad SMARTS) is 1. The summed E-state index contributed by atoms with van der Waals surface area (Å²) in [5.41, 5.74) is 6.43. The minimum atomic E-state index is -1.19. The Morgan fingerprint density at radius 3 is 2.61 bits per heavy atom. The maximum absolute atomic E-state index is 10.8. The first-order valence-electron chi connectivity index (χ1n) is 5.19. The summed E-state index contributed by atoms with van der Waals surface area (Å²) in [7, 11) is 0. The number of ether oxygens (including phenoxy) is 1. The van der Waals surface area contributed by atoms with Gasteiger partial charge in [-0.2, -0.15) is 0 Å². The summed E-state index contributed by atoms with van der Waals surface area (Å²) < 4.78 is 5.20. The van der Waals surface area contributed by atoms with Crippen LogP contribution in [0.15, 0.2) is 12.1 Å². The van der Waals surface area contributed by atoms with Crippen molar-refractivity contribution < 1.29 is 19.6 Å². The molecule has 1 rings (SSSR count). The fourth-order valence-corrected chi connectivity index (χ4v) is 1.42. The van der Waals surface area contributed by atoms with Crippen LogP contribution in [0.25, 0.3) is 0 Å². The molecule has 3 N–H and O–H groups in total. The van der Waals surface area contributed by atoms with Gasteiger partial charge >= 0.3 is 5.97 Å². The van der Waals surface area contributed by atoms with Crippen LogP contribution in [-0.4, -0.2) is 28.6 Å². The SMILES string of the molecule is Cc1cc(C)c([N+](=O)[O-])cc1OCC(N)C(=O)O. The molecule has 0 saturated heterocycles. The summed E-state index contributed by atoms with van der Waals surface area (Å²) in [6, 6.07) is 1.73. The van der Waals surface area contributed by atoms with Crippen LogP contribution in [0.4, 0.5) is 5.69 Å². The van der Waals surface area contributed by atoms with Crippen LogP contribution in [-0.2, 0) is 4.79 Å². The molecule has 0 aliphatic carbocycles. The van der Waals surface area contributed by atoms with Crippen LogP contribution in [0, 0.1) is 24.0 Å². The molecule has 1 atom stereocenters. The average Bonchev–Trinajstić information content (AvgIpc) is 2.26. The molecular weight excluding hydrogens is 240 g/mol.